The topological polar surface area (TPSA) is 105 Å². The lowest BCUT2D eigenvalue weighted by Gasteiger charge is -2.18. The van der Waals surface area contributed by atoms with Gasteiger partial charge in [0.15, 0.2) is 0 Å². The summed E-state index contributed by atoms with van der Waals surface area (Å²) < 4.78 is 5.53. The first kappa shape index (κ1) is 21.9. The van der Waals surface area contributed by atoms with E-state index in [2.05, 4.69) is 34.9 Å². The maximum atomic E-state index is 12.5. The molecule has 0 radical (unpaired) electrons. The van der Waals surface area contributed by atoms with Gasteiger partial charge in [0.05, 0.1) is 11.3 Å². The van der Waals surface area contributed by atoms with Gasteiger partial charge in [0.25, 0.3) is 0 Å². The van der Waals surface area contributed by atoms with E-state index in [4.69, 9.17) is 9.84 Å². The van der Waals surface area contributed by atoms with Crippen LogP contribution in [0.25, 0.3) is 11.1 Å². The van der Waals surface area contributed by atoms with E-state index in [0.717, 1.165) is 11.1 Å². The minimum Gasteiger partial charge on any atom is -0.481 e. The molecule has 0 saturated heterocycles. The summed E-state index contributed by atoms with van der Waals surface area (Å²) in [5, 5.41) is 14.5. The second kappa shape index (κ2) is 9.02. The Kier molecular flexibility index (Phi) is 6.17. The highest BCUT2D eigenvalue weighted by atomic mass is 16.5. The summed E-state index contributed by atoms with van der Waals surface area (Å²) in [4.78, 5) is 35.7. The SMILES string of the molecule is CC(CCNC(=O)C1(CNC(=O)OCC2c3ccccc3-c3ccccc32)CC1)C(=O)O. The molecule has 0 aliphatic heterocycles. The van der Waals surface area contributed by atoms with E-state index in [0.29, 0.717) is 25.8 Å². The van der Waals surface area contributed by atoms with Crippen LogP contribution in [0.5, 0.6) is 0 Å². The average Bonchev–Trinajstić information content (AvgIpc) is 3.53. The van der Waals surface area contributed by atoms with Crippen LogP contribution in [0.4, 0.5) is 4.79 Å². The number of hydrogen-bond donors (Lipinski definition) is 3. The van der Waals surface area contributed by atoms with Crippen LogP contribution in [-0.2, 0) is 14.3 Å². The van der Waals surface area contributed by atoms with Crippen molar-refractivity contribution in [3.8, 4) is 11.1 Å². The zero-order valence-corrected chi connectivity index (χ0v) is 18.1. The summed E-state index contributed by atoms with van der Waals surface area (Å²) >= 11 is 0. The van der Waals surface area contributed by atoms with Crippen molar-refractivity contribution in [2.45, 2.75) is 32.1 Å². The van der Waals surface area contributed by atoms with Gasteiger partial charge >= 0.3 is 12.1 Å². The van der Waals surface area contributed by atoms with Crippen LogP contribution in [0.3, 0.4) is 0 Å². The van der Waals surface area contributed by atoms with Crippen molar-refractivity contribution in [2.75, 3.05) is 19.7 Å². The van der Waals surface area contributed by atoms with Crippen molar-refractivity contribution < 1.29 is 24.2 Å². The molecule has 3 N–H and O–H groups in total. The summed E-state index contributed by atoms with van der Waals surface area (Å²) in [6.45, 7) is 2.36. The van der Waals surface area contributed by atoms with Crippen LogP contribution in [0.1, 0.15) is 43.2 Å². The molecule has 0 spiro atoms. The van der Waals surface area contributed by atoms with Crippen LogP contribution in [-0.4, -0.2) is 42.8 Å². The highest BCUT2D eigenvalue weighted by Crippen LogP contribution is 2.46. The van der Waals surface area contributed by atoms with Crippen molar-refractivity contribution in [3.63, 3.8) is 0 Å². The maximum Gasteiger partial charge on any atom is 0.407 e. The summed E-state index contributed by atoms with van der Waals surface area (Å²) in [5.41, 5.74) is 4.02. The van der Waals surface area contributed by atoms with E-state index in [1.165, 1.54) is 11.1 Å². The molecule has 2 amide bonds. The second-order valence-electron chi connectivity index (χ2n) is 8.74. The molecule has 0 aromatic heterocycles. The number of ether oxygens (including phenoxy) is 1. The van der Waals surface area contributed by atoms with Gasteiger partial charge in [0, 0.05) is 19.0 Å². The minimum absolute atomic E-state index is 0.0115. The molecule has 2 aromatic rings. The molecule has 168 valence electrons. The highest BCUT2D eigenvalue weighted by Gasteiger charge is 2.49. The fourth-order valence-corrected chi connectivity index (χ4v) is 4.24. The second-order valence-corrected chi connectivity index (χ2v) is 8.74. The number of carbonyl (C=O) groups excluding carboxylic acids is 2. The average molecular weight is 437 g/mol. The van der Waals surface area contributed by atoms with Crippen LogP contribution < -0.4 is 10.6 Å². The molecule has 7 nitrogen and oxygen atoms in total. The summed E-state index contributed by atoms with van der Waals surface area (Å²) in [5.74, 6) is -1.54. The third-order valence-corrected chi connectivity index (χ3v) is 6.53. The number of rotatable bonds is 9. The molecule has 0 bridgehead atoms. The molecule has 0 heterocycles. The Morgan fingerprint density at radius 2 is 1.62 bits per heavy atom. The van der Waals surface area contributed by atoms with Crippen LogP contribution in [0.15, 0.2) is 48.5 Å². The number of amides is 2. The van der Waals surface area contributed by atoms with Crippen molar-refractivity contribution >= 4 is 18.0 Å². The largest absolute Gasteiger partial charge is 0.481 e. The van der Waals surface area contributed by atoms with Crippen molar-refractivity contribution in [2.24, 2.45) is 11.3 Å². The van der Waals surface area contributed by atoms with Crippen molar-refractivity contribution in [1.82, 2.24) is 10.6 Å². The molecule has 1 unspecified atom stereocenters. The van der Waals surface area contributed by atoms with Gasteiger partial charge in [-0.1, -0.05) is 55.5 Å². The van der Waals surface area contributed by atoms with Gasteiger partial charge in [-0.2, -0.15) is 0 Å². The van der Waals surface area contributed by atoms with Gasteiger partial charge in [-0.15, -0.1) is 0 Å². The lowest BCUT2D eigenvalue weighted by Crippen LogP contribution is -2.41. The molecule has 2 aliphatic rings. The molecule has 2 aromatic carbocycles. The monoisotopic (exact) mass is 436 g/mol. The van der Waals surface area contributed by atoms with Crippen LogP contribution >= 0.6 is 0 Å². The van der Waals surface area contributed by atoms with Crippen LogP contribution in [0, 0.1) is 11.3 Å². The van der Waals surface area contributed by atoms with Crippen molar-refractivity contribution in [3.05, 3.63) is 59.7 Å². The van der Waals surface area contributed by atoms with Gasteiger partial charge in [-0.3, -0.25) is 9.59 Å². The first-order valence-electron chi connectivity index (χ1n) is 11.0. The van der Waals surface area contributed by atoms with E-state index in [-0.39, 0.29) is 25.0 Å². The van der Waals surface area contributed by atoms with E-state index in [1.807, 2.05) is 24.3 Å². The van der Waals surface area contributed by atoms with Crippen molar-refractivity contribution in [1.29, 1.82) is 0 Å². The molecule has 1 atom stereocenters. The fourth-order valence-electron chi connectivity index (χ4n) is 4.24. The standard InChI is InChI=1S/C25H28N2O5/c1-16(22(28)29)10-13-26-23(30)25(11-12-25)15-27-24(31)32-14-21-19-8-4-2-6-17(19)18-7-3-5-9-20(18)21/h2-9,16,21H,10-15H2,1H3,(H,26,30)(H,27,31)(H,28,29). The normalized spacial score (nSPS) is 16.4. The Morgan fingerprint density at radius 3 is 2.19 bits per heavy atom. The van der Waals surface area contributed by atoms with Gasteiger partial charge in [-0.05, 0) is 41.5 Å². The van der Waals surface area contributed by atoms with Gasteiger partial charge in [0.2, 0.25) is 5.91 Å². The molecule has 7 heteroatoms. The Labute approximate surface area is 187 Å². The Hall–Kier alpha value is -3.35. The van der Waals surface area contributed by atoms with Gasteiger partial charge in [0.1, 0.15) is 6.61 Å². The quantitative estimate of drug-likeness (QED) is 0.558. The van der Waals surface area contributed by atoms with E-state index in [9.17, 15) is 14.4 Å². The Balaban J connectivity index is 1.27. The lowest BCUT2D eigenvalue weighted by atomic mass is 9.98. The van der Waals surface area contributed by atoms with Gasteiger partial charge < -0.3 is 20.5 Å². The molecule has 2 aliphatic carbocycles. The predicted molar refractivity (Wildman–Crippen MR) is 119 cm³/mol. The number of fused-ring (bicyclic) bond motifs is 3. The third kappa shape index (κ3) is 4.47. The number of aliphatic carboxylic acids is 1. The van der Waals surface area contributed by atoms with Gasteiger partial charge in [-0.25, -0.2) is 4.79 Å². The molecule has 32 heavy (non-hydrogen) atoms. The summed E-state index contributed by atoms with van der Waals surface area (Å²) in [6, 6.07) is 16.3. The zero-order chi connectivity index (χ0) is 22.7. The smallest absolute Gasteiger partial charge is 0.407 e. The molecule has 1 saturated carbocycles. The number of carbonyl (C=O) groups is 3. The number of carboxylic acids is 1. The zero-order valence-electron chi connectivity index (χ0n) is 18.1. The first-order chi connectivity index (χ1) is 15.4. The molecular weight excluding hydrogens is 408 g/mol. The minimum atomic E-state index is -0.877. The summed E-state index contributed by atoms with van der Waals surface area (Å²) in [6.07, 6.45) is 1.22. The lowest BCUT2D eigenvalue weighted by molar-refractivity contribution is -0.141. The fraction of sp³-hybridized carbons (Fsp3) is 0.400. The Morgan fingerprint density at radius 1 is 1.03 bits per heavy atom. The number of benzene rings is 2. The molecule has 4 rings (SSSR count). The molecular formula is C25H28N2O5. The van der Waals surface area contributed by atoms with E-state index in [1.54, 1.807) is 6.92 Å². The number of hydrogen-bond acceptors (Lipinski definition) is 4. The number of alkyl carbamates (subject to hydrolysis) is 1. The maximum absolute atomic E-state index is 12.5. The number of carboxylic acid groups (broad SMARTS) is 1. The first-order valence-corrected chi connectivity index (χ1v) is 11.0. The van der Waals surface area contributed by atoms with Crippen LogP contribution in [0.2, 0.25) is 0 Å². The summed E-state index contributed by atoms with van der Waals surface area (Å²) in [7, 11) is 0. The van der Waals surface area contributed by atoms with E-state index < -0.39 is 23.4 Å². The van der Waals surface area contributed by atoms with E-state index >= 15 is 0 Å². The number of nitrogens with one attached hydrogen (secondary N) is 2. The highest BCUT2D eigenvalue weighted by molar-refractivity contribution is 5.86. The predicted octanol–water partition coefficient (Wildman–Crippen LogP) is 3.53. The molecule has 1 fully saturated rings. The third-order valence-electron chi connectivity index (χ3n) is 6.53. The Bertz CT molecular complexity index is 985.